The van der Waals surface area contributed by atoms with E-state index in [4.69, 9.17) is 0 Å². The molecule has 1 aromatic heterocycles. The van der Waals surface area contributed by atoms with E-state index in [1.54, 1.807) is 5.38 Å². The van der Waals surface area contributed by atoms with Gasteiger partial charge in [-0.2, -0.15) is 0 Å². The molecule has 6 heteroatoms. The van der Waals surface area contributed by atoms with Crippen LogP contribution < -0.4 is 10.6 Å². The molecule has 2 aliphatic carbocycles. The molecule has 22 heavy (non-hydrogen) atoms. The van der Waals surface area contributed by atoms with Gasteiger partial charge in [0.1, 0.15) is 5.69 Å². The first-order valence-corrected chi connectivity index (χ1v) is 8.66. The summed E-state index contributed by atoms with van der Waals surface area (Å²) in [5.74, 6) is 0.374. The van der Waals surface area contributed by atoms with Crippen LogP contribution in [0.15, 0.2) is 5.38 Å². The van der Waals surface area contributed by atoms with Crippen molar-refractivity contribution in [3.8, 4) is 0 Å². The second-order valence-corrected chi connectivity index (χ2v) is 8.21. The van der Waals surface area contributed by atoms with Crippen LogP contribution in [0.4, 0.5) is 5.13 Å². The van der Waals surface area contributed by atoms with E-state index in [9.17, 15) is 9.59 Å². The predicted octanol–water partition coefficient (Wildman–Crippen LogP) is 3.05. The molecule has 2 bridgehead atoms. The van der Waals surface area contributed by atoms with Crippen LogP contribution in [0, 0.1) is 16.7 Å². The van der Waals surface area contributed by atoms with Crippen molar-refractivity contribution in [3.63, 3.8) is 0 Å². The summed E-state index contributed by atoms with van der Waals surface area (Å²) in [4.78, 5) is 27.7. The number of nitrogens with zero attached hydrogens (tertiary/aromatic N) is 1. The molecule has 120 valence electrons. The molecule has 2 saturated carbocycles. The van der Waals surface area contributed by atoms with Gasteiger partial charge in [0.25, 0.3) is 5.91 Å². The van der Waals surface area contributed by atoms with E-state index in [2.05, 4.69) is 36.4 Å². The molecule has 0 aromatic carbocycles. The van der Waals surface area contributed by atoms with E-state index in [0.717, 1.165) is 6.42 Å². The maximum Gasteiger partial charge on any atom is 0.271 e. The predicted molar refractivity (Wildman–Crippen MR) is 86.9 cm³/mol. The Morgan fingerprint density at radius 2 is 2.09 bits per heavy atom. The number of hydrogen-bond acceptors (Lipinski definition) is 4. The Balaban J connectivity index is 1.70. The Labute approximate surface area is 134 Å². The molecule has 0 unspecified atom stereocenters. The van der Waals surface area contributed by atoms with Crippen molar-refractivity contribution in [2.24, 2.45) is 16.7 Å². The molecule has 2 aliphatic rings. The van der Waals surface area contributed by atoms with Crippen molar-refractivity contribution in [1.82, 2.24) is 10.3 Å². The molecule has 0 saturated heterocycles. The number of anilines is 1. The summed E-state index contributed by atoms with van der Waals surface area (Å²) in [6.45, 7) is 8.39. The summed E-state index contributed by atoms with van der Waals surface area (Å²) in [5, 5.41) is 7.96. The van der Waals surface area contributed by atoms with Crippen LogP contribution in [0.3, 0.4) is 0 Å². The highest BCUT2D eigenvalue weighted by Gasteiger charge is 2.61. The van der Waals surface area contributed by atoms with E-state index in [-0.39, 0.29) is 28.7 Å². The van der Waals surface area contributed by atoms with E-state index in [1.807, 2.05) is 0 Å². The number of fused-ring (bicyclic) bond motifs is 2. The number of thiazole rings is 1. The average Bonchev–Trinajstić information content (AvgIpc) is 3.01. The lowest BCUT2D eigenvalue weighted by Gasteiger charge is -2.39. The lowest BCUT2D eigenvalue weighted by Crippen LogP contribution is -2.46. The summed E-state index contributed by atoms with van der Waals surface area (Å²) >= 11 is 1.27. The molecule has 3 rings (SSSR count). The first-order valence-electron chi connectivity index (χ1n) is 7.78. The lowest BCUT2D eigenvalue weighted by molar-refractivity contribution is -0.114. The van der Waals surface area contributed by atoms with Crippen LogP contribution in [0.25, 0.3) is 0 Å². The van der Waals surface area contributed by atoms with Crippen LogP contribution in [0.5, 0.6) is 0 Å². The summed E-state index contributed by atoms with van der Waals surface area (Å²) in [6.07, 6.45) is 3.49. The molecular weight excluding hydrogens is 298 g/mol. The highest BCUT2D eigenvalue weighted by molar-refractivity contribution is 7.14. The fraction of sp³-hybridized carbons (Fsp3) is 0.688. The largest absolute Gasteiger partial charge is 0.347 e. The molecule has 2 fully saturated rings. The van der Waals surface area contributed by atoms with Gasteiger partial charge >= 0.3 is 0 Å². The summed E-state index contributed by atoms with van der Waals surface area (Å²) < 4.78 is 0. The van der Waals surface area contributed by atoms with Crippen LogP contribution in [-0.4, -0.2) is 22.8 Å². The van der Waals surface area contributed by atoms with Gasteiger partial charge in [0, 0.05) is 18.3 Å². The highest BCUT2D eigenvalue weighted by atomic mass is 32.1. The van der Waals surface area contributed by atoms with Gasteiger partial charge in [0.15, 0.2) is 5.13 Å². The molecule has 0 aliphatic heterocycles. The number of nitrogens with one attached hydrogen (secondary N) is 2. The topological polar surface area (TPSA) is 71.1 Å². The maximum absolute atomic E-state index is 12.4. The minimum atomic E-state index is -0.177. The van der Waals surface area contributed by atoms with Gasteiger partial charge in [-0.3, -0.25) is 9.59 Å². The molecule has 1 heterocycles. The van der Waals surface area contributed by atoms with E-state index < -0.39 is 0 Å². The number of aromatic nitrogens is 1. The molecular formula is C16H23N3O2S. The summed E-state index contributed by atoms with van der Waals surface area (Å²) in [6, 6.07) is 0.208. The van der Waals surface area contributed by atoms with Crippen molar-refractivity contribution in [1.29, 1.82) is 0 Å². The van der Waals surface area contributed by atoms with Crippen LogP contribution in [0.2, 0.25) is 0 Å². The normalized spacial score (nSPS) is 32.0. The van der Waals surface area contributed by atoms with Gasteiger partial charge in [0.2, 0.25) is 5.91 Å². The summed E-state index contributed by atoms with van der Waals surface area (Å²) in [5.41, 5.74) is 0.816. The van der Waals surface area contributed by atoms with Gasteiger partial charge in [-0.15, -0.1) is 11.3 Å². The van der Waals surface area contributed by atoms with E-state index in [0.29, 0.717) is 16.7 Å². The third-order valence-electron chi connectivity index (χ3n) is 6.12. The number of carbonyl (C=O) groups excluding carboxylic acids is 2. The number of hydrogen-bond donors (Lipinski definition) is 2. The second-order valence-electron chi connectivity index (χ2n) is 7.36. The molecule has 5 nitrogen and oxygen atoms in total. The van der Waals surface area contributed by atoms with Crippen molar-refractivity contribution < 1.29 is 9.59 Å². The first kappa shape index (κ1) is 15.5. The van der Waals surface area contributed by atoms with Gasteiger partial charge in [0.05, 0.1) is 0 Å². The first-order chi connectivity index (χ1) is 10.2. The molecule has 1 aromatic rings. The smallest absolute Gasteiger partial charge is 0.271 e. The SMILES string of the molecule is CC(=O)Nc1nc(C(=O)N[C@@H]2C[C@H]3CC[C@@]2(C)C3(C)C)cs1. The fourth-order valence-corrected chi connectivity index (χ4v) is 4.98. The Kier molecular flexibility index (Phi) is 3.55. The van der Waals surface area contributed by atoms with E-state index >= 15 is 0 Å². The third kappa shape index (κ3) is 2.24. The fourth-order valence-electron chi connectivity index (χ4n) is 4.24. The number of carbonyl (C=O) groups is 2. The molecule has 0 spiro atoms. The third-order valence-corrected chi connectivity index (χ3v) is 6.88. The minimum absolute atomic E-state index is 0.137. The minimum Gasteiger partial charge on any atom is -0.347 e. The molecule has 2 amide bonds. The van der Waals surface area contributed by atoms with Crippen molar-refractivity contribution in [2.75, 3.05) is 5.32 Å². The average molecular weight is 321 g/mol. The lowest BCUT2D eigenvalue weighted by atomic mass is 9.69. The number of amides is 2. The van der Waals surface area contributed by atoms with E-state index in [1.165, 1.54) is 31.1 Å². The second kappa shape index (κ2) is 5.05. The standard InChI is InChI=1S/C16H23N3O2S/c1-9(20)17-14-18-11(8-22-14)13(21)19-12-7-10-5-6-16(12,4)15(10,2)3/h8,10,12H,5-7H2,1-4H3,(H,19,21)(H,17,18,20)/t10-,12-,16-/m1/s1. The summed E-state index contributed by atoms with van der Waals surface area (Å²) in [7, 11) is 0. The van der Waals surface area contributed by atoms with Gasteiger partial charge in [-0.05, 0) is 36.0 Å². The molecule has 2 N–H and O–H groups in total. The van der Waals surface area contributed by atoms with Crippen LogP contribution in [0.1, 0.15) is 57.4 Å². The molecule has 0 radical (unpaired) electrons. The van der Waals surface area contributed by atoms with Crippen molar-refractivity contribution >= 4 is 28.3 Å². The zero-order chi connectivity index (χ0) is 16.1. The Morgan fingerprint density at radius 1 is 1.36 bits per heavy atom. The van der Waals surface area contributed by atoms with Crippen LogP contribution >= 0.6 is 11.3 Å². The number of rotatable bonds is 3. The zero-order valence-corrected chi connectivity index (χ0v) is 14.3. The highest BCUT2D eigenvalue weighted by Crippen LogP contribution is 2.65. The zero-order valence-electron chi connectivity index (χ0n) is 13.5. The van der Waals surface area contributed by atoms with Gasteiger partial charge in [-0.25, -0.2) is 4.98 Å². The van der Waals surface area contributed by atoms with Gasteiger partial charge in [-0.1, -0.05) is 20.8 Å². The van der Waals surface area contributed by atoms with Gasteiger partial charge < -0.3 is 10.6 Å². The van der Waals surface area contributed by atoms with Crippen LogP contribution in [-0.2, 0) is 4.79 Å². The Morgan fingerprint density at radius 3 is 2.64 bits per heavy atom. The monoisotopic (exact) mass is 321 g/mol. The molecule has 3 atom stereocenters. The Hall–Kier alpha value is -1.43. The van der Waals surface area contributed by atoms with Crippen molar-refractivity contribution in [2.45, 2.75) is 53.0 Å². The van der Waals surface area contributed by atoms with Crippen molar-refractivity contribution in [3.05, 3.63) is 11.1 Å². The quantitative estimate of drug-likeness (QED) is 0.899. The maximum atomic E-state index is 12.4. The Bertz CT molecular complexity index is 625.